The van der Waals surface area contributed by atoms with Crippen molar-refractivity contribution in [2.45, 2.75) is 13.3 Å². The average Bonchev–Trinajstić information content (AvgIpc) is 2.76. The molecule has 0 amide bonds. The van der Waals surface area contributed by atoms with Crippen LogP contribution in [0.2, 0.25) is 0 Å². The minimum Gasteiger partial charge on any atom is -0.493 e. The number of aromatic nitrogens is 1. The van der Waals surface area contributed by atoms with Crippen LogP contribution in [0.5, 0.6) is 5.75 Å². The summed E-state index contributed by atoms with van der Waals surface area (Å²) in [5.74, 6) is 1.03. The third kappa shape index (κ3) is 1.47. The van der Waals surface area contributed by atoms with Crippen molar-refractivity contribution >= 4 is 0 Å². The van der Waals surface area contributed by atoms with Crippen molar-refractivity contribution in [1.29, 1.82) is 0 Å². The summed E-state index contributed by atoms with van der Waals surface area (Å²) in [6.07, 6.45) is 2.85. The van der Waals surface area contributed by atoms with Crippen molar-refractivity contribution in [3.05, 3.63) is 47.8 Å². The summed E-state index contributed by atoms with van der Waals surface area (Å²) < 4.78 is 5.50. The normalized spacial score (nSPS) is 13.3. The maximum atomic E-state index is 5.50. The molecule has 16 heavy (non-hydrogen) atoms. The Labute approximate surface area is 94.9 Å². The van der Waals surface area contributed by atoms with Crippen LogP contribution in [0.1, 0.15) is 11.3 Å². The molecule has 0 saturated carbocycles. The Kier molecular flexibility index (Phi) is 2.13. The molecule has 0 bridgehead atoms. The Morgan fingerprint density at radius 3 is 3.06 bits per heavy atom. The van der Waals surface area contributed by atoms with Crippen LogP contribution < -0.4 is 4.74 Å². The summed E-state index contributed by atoms with van der Waals surface area (Å²) >= 11 is 0. The second-order valence-corrected chi connectivity index (χ2v) is 4.06. The molecule has 0 radical (unpaired) electrons. The molecule has 0 unspecified atom stereocenters. The van der Waals surface area contributed by atoms with E-state index in [1.54, 1.807) is 0 Å². The SMILES string of the molecule is Cc1ncccc1-c1ccc2c(c1)CCO2. The van der Waals surface area contributed by atoms with Crippen LogP contribution in [0.3, 0.4) is 0 Å². The molecular weight excluding hydrogens is 198 g/mol. The van der Waals surface area contributed by atoms with Gasteiger partial charge in [-0.05, 0) is 36.2 Å². The number of ether oxygens (including phenoxy) is 1. The van der Waals surface area contributed by atoms with Crippen LogP contribution in [-0.4, -0.2) is 11.6 Å². The first kappa shape index (κ1) is 9.40. The zero-order chi connectivity index (χ0) is 11.0. The van der Waals surface area contributed by atoms with E-state index in [9.17, 15) is 0 Å². The lowest BCUT2D eigenvalue weighted by molar-refractivity contribution is 0.357. The number of benzene rings is 1. The van der Waals surface area contributed by atoms with Gasteiger partial charge >= 0.3 is 0 Å². The molecule has 1 aliphatic rings. The van der Waals surface area contributed by atoms with Crippen molar-refractivity contribution in [2.24, 2.45) is 0 Å². The third-order valence-electron chi connectivity index (χ3n) is 3.01. The number of aryl methyl sites for hydroxylation is 1. The predicted octanol–water partition coefficient (Wildman–Crippen LogP) is 2.99. The fourth-order valence-corrected chi connectivity index (χ4v) is 2.14. The van der Waals surface area contributed by atoms with Crippen LogP contribution in [-0.2, 0) is 6.42 Å². The molecule has 2 heterocycles. The van der Waals surface area contributed by atoms with Crippen molar-refractivity contribution in [3.63, 3.8) is 0 Å². The number of hydrogen-bond donors (Lipinski definition) is 0. The molecule has 2 nitrogen and oxygen atoms in total. The second kappa shape index (κ2) is 3.63. The van der Waals surface area contributed by atoms with E-state index in [-0.39, 0.29) is 0 Å². The Balaban J connectivity index is 2.11. The Bertz CT molecular complexity index is 534. The van der Waals surface area contributed by atoms with E-state index in [0.717, 1.165) is 24.5 Å². The van der Waals surface area contributed by atoms with E-state index in [4.69, 9.17) is 4.74 Å². The number of pyridine rings is 1. The molecule has 0 spiro atoms. The number of hydrogen-bond acceptors (Lipinski definition) is 2. The molecular formula is C14H13NO. The summed E-state index contributed by atoms with van der Waals surface area (Å²) in [6, 6.07) is 10.5. The molecule has 1 aliphatic heterocycles. The van der Waals surface area contributed by atoms with Crippen LogP contribution >= 0.6 is 0 Å². The van der Waals surface area contributed by atoms with Crippen LogP contribution in [0, 0.1) is 6.92 Å². The number of nitrogens with zero attached hydrogens (tertiary/aromatic N) is 1. The van der Waals surface area contributed by atoms with Crippen molar-refractivity contribution in [2.75, 3.05) is 6.61 Å². The maximum Gasteiger partial charge on any atom is 0.122 e. The van der Waals surface area contributed by atoms with Crippen LogP contribution in [0.15, 0.2) is 36.5 Å². The number of fused-ring (bicyclic) bond motifs is 1. The first-order valence-electron chi connectivity index (χ1n) is 5.52. The molecule has 0 saturated heterocycles. The van der Waals surface area contributed by atoms with Gasteiger partial charge in [0.1, 0.15) is 5.75 Å². The van der Waals surface area contributed by atoms with Gasteiger partial charge in [0, 0.05) is 23.9 Å². The summed E-state index contributed by atoms with van der Waals surface area (Å²) in [4.78, 5) is 4.32. The Morgan fingerprint density at radius 2 is 2.19 bits per heavy atom. The predicted molar refractivity (Wildman–Crippen MR) is 63.6 cm³/mol. The van der Waals surface area contributed by atoms with E-state index in [0.29, 0.717) is 0 Å². The minimum atomic E-state index is 0.810. The smallest absolute Gasteiger partial charge is 0.122 e. The van der Waals surface area contributed by atoms with Crippen LogP contribution in [0.25, 0.3) is 11.1 Å². The third-order valence-corrected chi connectivity index (χ3v) is 3.01. The molecule has 2 heteroatoms. The fraction of sp³-hybridized carbons (Fsp3) is 0.214. The lowest BCUT2D eigenvalue weighted by Crippen LogP contribution is -1.87. The lowest BCUT2D eigenvalue weighted by Gasteiger charge is -2.06. The zero-order valence-electron chi connectivity index (χ0n) is 9.23. The summed E-state index contributed by atoms with van der Waals surface area (Å²) in [6.45, 7) is 2.85. The molecule has 1 aromatic carbocycles. The van der Waals surface area contributed by atoms with E-state index in [1.165, 1.54) is 16.7 Å². The van der Waals surface area contributed by atoms with Crippen molar-refractivity contribution in [1.82, 2.24) is 4.98 Å². The van der Waals surface area contributed by atoms with E-state index < -0.39 is 0 Å². The van der Waals surface area contributed by atoms with E-state index in [1.807, 2.05) is 19.2 Å². The molecule has 3 rings (SSSR count). The van der Waals surface area contributed by atoms with Gasteiger partial charge in [-0.25, -0.2) is 0 Å². The van der Waals surface area contributed by atoms with Gasteiger partial charge in [-0.2, -0.15) is 0 Å². The van der Waals surface area contributed by atoms with Gasteiger partial charge in [0.05, 0.1) is 6.61 Å². The molecule has 0 aliphatic carbocycles. The second-order valence-electron chi connectivity index (χ2n) is 4.06. The standard InChI is InChI=1S/C14H13NO/c1-10-13(3-2-7-15-10)11-4-5-14-12(9-11)6-8-16-14/h2-5,7,9H,6,8H2,1H3. The zero-order valence-corrected chi connectivity index (χ0v) is 9.23. The van der Waals surface area contributed by atoms with Crippen molar-refractivity contribution in [3.8, 4) is 16.9 Å². The van der Waals surface area contributed by atoms with Gasteiger partial charge in [-0.1, -0.05) is 12.1 Å². The molecule has 80 valence electrons. The Morgan fingerprint density at radius 1 is 1.25 bits per heavy atom. The van der Waals surface area contributed by atoms with Gasteiger partial charge in [0.25, 0.3) is 0 Å². The van der Waals surface area contributed by atoms with Gasteiger partial charge in [-0.3, -0.25) is 4.98 Å². The highest BCUT2D eigenvalue weighted by molar-refractivity contribution is 5.67. The van der Waals surface area contributed by atoms with Crippen LogP contribution in [0.4, 0.5) is 0 Å². The maximum absolute atomic E-state index is 5.50. The summed E-state index contributed by atoms with van der Waals surface area (Å²) in [5, 5.41) is 0. The largest absolute Gasteiger partial charge is 0.493 e. The quantitative estimate of drug-likeness (QED) is 0.723. The summed E-state index contributed by atoms with van der Waals surface area (Å²) in [5.41, 5.74) is 4.81. The van der Waals surface area contributed by atoms with Crippen molar-refractivity contribution < 1.29 is 4.74 Å². The minimum absolute atomic E-state index is 0.810. The van der Waals surface area contributed by atoms with Gasteiger partial charge in [-0.15, -0.1) is 0 Å². The topological polar surface area (TPSA) is 22.1 Å². The molecule has 0 fully saturated rings. The molecule has 2 aromatic rings. The van der Waals surface area contributed by atoms with E-state index >= 15 is 0 Å². The number of rotatable bonds is 1. The van der Waals surface area contributed by atoms with E-state index in [2.05, 4.69) is 29.2 Å². The average molecular weight is 211 g/mol. The fourth-order valence-electron chi connectivity index (χ4n) is 2.14. The molecule has 0 atom stereocenters. The van der Waals surface area contributed by atoms with Gasteiger partial charge in [0.2, 0.25) is 0 Å². The monoisotopic (exact) mass is 211 g/mol. The summed E-state index contributed by atoms with van der Waals surface area (Å²) in [7, 11) is 0. The molecule has 1 aromatic heterocycles. The lowest BCUT2D eigenvalue weighted by atomic mass is 10.0. The first-order valence-corrected chi connectivity index (χ1v) is 5.52. The highest BCUT2D eigenvalue weighted by atomic mass is 16.5. The highest BCUT2D eigenvalue weighted by Crippen LogP contribution is 2.31. The molecule has 0 N–H and O–H groups in total. The highest BCUT2D eigenvalue weighted by Gasteiger charge is 2.13. The Hall–Kier alpha value is -1.83. The van der Waals surface area contributed by atoms with Gasteiger partial charge in [0.15, 0.2) is 0 Å². The first-order chi connectivity index (χ1) is 7.84. The van der Waals surface area contributed by atoms with Gasteiger partial charge < -0.3 is 4.74 Å².